The van der Waals surface area contributed by atoms with Crippen LogP contribution in [0.25, 0.3) is 0 Å². The molecule has 2 nitrogen and oxygen atoms in total. The van der Waals surface area contributed by atoms with Crippen LogP contribution in [-0.2, 0) is 4.74 Å². The van der Waals surface area contributed by atoms with Crippen LogP contribution in [0.3, 0.4) is 0 Å². The summed E-state index contributed by atoms with van der Waals surface area (Å²) in [5, 5.41) is 1.42. The molecule has 1 aromatic rings. The van der Waals surface area contributed by atoms with Gasteiger partial charge in [-0.05, 0) is 14.0 Å². The molecule has 13 heavy (non-hydrogen) atoms. The maximum Gasteiger partial charge on any atom is 0.0597 e. The Bertz CT molecular complexity index is 246. The van der Waals surface area contributed by atoms with Gasteiger partial charge in [0.1, 0.15) is 0 Å². The largest absolute Gasteiger partial charge is 0.379 e. The van der Waals surface area contributed by atoms with Crippen LogP contribution >= 0.6 is 8.73 Å². The van der Waals surface area contributed by atoms with Crippen molar-refractivity contribution in [1.82, 2.24) is 4.67 Å². The van der Waals surface area contributed by atoms with E-state index in [9.17, 15) is 0 Å². The SMILES string of the molecule is c1ccc(PN2CCOCC2)cc1. The van der Waals surface area contributed by atoms with Gasteiger partial charge >= 0.3 is 0 Å². The summed E-state index contributed by atoms with van der Waals surface area (Å²) in [6.45, 7) is 3.93. The average molecular weight is 195 g/mol. The van der Waals surface area contributed by atoms with E-state index >= 15 is 0 Å². The summed E-state index contributed by atoms with van der Waals surface area (Å²) >= 11 is 0. The van der Waals surface area contributed by atoms with E-state index in [0.29, 0.717) is 0 Å². The molecular weight excluding hydrogens is 181 g/mol. The van der Waals surface area contributed by atoms with E-state index in [-0.39, 0.29) is 0 Å². The standard InChI is InChI=1S/C10H14NOP/c1-2-4-10(5-3-1)13-11-6-8-12-9-7-11/h1-5,13H,6-9H2. The van der Waals surface area contributed by atoms with Crippen LogP contribution in [0.15, 0.2) is 30.3 Å². The first kappa shape index (κ1) is 9.14. The lowest BCUT2D eigenvalue weighted by Gasteiger charge is -2.26. The second-order valence-electron chi connectivity index (χ2n) is 3.08. The number of benzene rings is 1. The molecular formula is C10H14NOP. The van der Waals surface area contributed by atoms with Crippen molar-refractivity contribution in [2.24, 2.45) is 0 Å². The van der Waals surface area contributed by atoms with E-state index in [0.717, 1.165) is 35.0 Å². The van der Waals surface area contributed by atoms with Gasteiger partial charge < -0.3 is 4.74 Å². The third-order valence-electron chi connectivity index (χ3n) is 2.07. The normalized spacial score (nSPS) is 19.7. The third kappa shape index (κ3) is 2.77. The van der Waals surface area contributed by atoms with Crippen LogP contribution in [0.2, 0.25) is 0 Å². The van der Waals surface area contributed by atoms with Crippen molar-refractivity contribution in [2.45, 2.75) is 0 Å². The Kier molecular flexibility index (Phi) is 3.31. The van der Waals surface area contributed by atoms with Crippen LogP contribution < -0.4 is 5.30 Å². The minimum Gasteiger partial charge on any atom is -0.379 e. The van der Waals surface area contributed by atoms with Crippen LogP contribution in [0, 0.1) is 0 Å². The molecule has 1 fully saturated rings. The Labute approximate surface area is 80.7 Å². The highest BCUT2D eigenvalue weighted by atomic mass is 31.1. The highest BCUT2D eigenvalue weighted by Crippen LogP contribution is 2.18. The smallest absolute Gasteiger partial charge is 0.0597 e. The molecule has 3 heteroatoms. The predicted octanol–water partition coefficient (Wildman–Crippen LogP) is 1.24. The number of hydrogen-bond donors (Lipinski definition) is 0. The summed E-state index contributed by atoms with van der Waals surface area (Å²) in [4.78, 5) is 0. The maximum absolute atomic E-state index is 5.30. The first-order chi connectivity index (χ1) is 6.45. The number of nitrogens with zero attached hydrogens (tertiary/aromatic N) is 1. The summed E-state index contributed by atoms with van der Waals surface area (Å²) in [5.41, 5.74) is 0. The summed E-state index contributed by atoms with van der Waals surface area (Å²) < 4.78 is 7.76. The van der Waals surface area contributed by atoms with Gasteiger partial charge in [0.25, 0.3) is 0 Å². The third-order valence-corrected chi connectivity index (χ3v) is 3.43. The Hall–Kier alpha value is -0.430. The van der Waals surface area contributed by atoms with E-state index in [2.05, 4.69) is 35.0 Å². The minimum atomic E-state index is 0.807. The summed E-state index contributed by atoms with van der Waals surface area (Å²) in [6, 6.07) is 10.6. The highest BCUT2D eigenvalue weighted by molar-refractivity contribution is 7.44. The molecule has 0 amide bonds. The Morgan fingerprint density at radius 3 is 2.46 bits per heavy atom. The Morgan fingerprint density at radius 1 is 1.08 bits per heavy atom. The fourth-order valence-corrected chi connectivity index (χ4v) is 2.48. The van der Waals surface area contributed by atoms with Gasteiger partial charge in [-0.3, -0.25) is 4.67 Å². The zero-order valence-corrected chi connectivity index (χ0v) is 8.57. The Morgan fingerprint density at radius 2 is 1.77 bits per heavy atom. The van der Waals surface area contributed by atoms with Crippen LogP contribution in [0.1, 0.15) is 0 Å². The minimum absolute atomic E-state index is 0.807. The van der Waals surface area contributed by atoms with E-state index in [1.165, 1.54) is 5.30 Å². The highest BCUT2D eigenvalue weighted by Gasteiger charge is 2.09. The van der Waals surface area contributed by atoms with Crippen LogP contribution in [-0.4, -0.2) is 31.0 Å². The quantitative estimate of drug-likeness (QED) is 0.658. The molecule has 1 heterocycles. The van der Waals surface area contributed by atoms with Gasteiger partial charge in [0.15, 0.2) is 0 Å². The molecule has 0 aromatic heterocycles. The summed E-state index contributed by atoms with van der Waals surface area (Å²) in [5.74, 6) is 0. The first-order valence-corrected chi connectivity index (χ1v) is 5.54. The van der Waals surface area contributed by atoms with Crippen molar-refractivity contribution in [3.63, 3.8) is 0 Å². The number of hydrogen-bond acceptors (Lipinski definition) is 2. The molecule has 1 aliphatic rings. The molecule has 1 saturated heterocycles. The lowest BCUT2D eigenvalue weighted by atomic mass is 10.4. The van der Waals surface area contributed by atoms with Crippen molar-refractivity contribution in [1.29, 1.82) is 0 Å². The summed E-state index contributed by atoms with van der Waals surface area (Å²) in [6.07, 6.45) is 0. The van der Waals surface area contributed by atoms with Crippen molar-refractivity contribution in [3.8, 4) is 0 Å². The Balaban J connectivity index is 1.90. The molecule has 1 aliphatic heterocycles. The average Bonchev–Trinajstić information content (AvgIpc) is 2.21. The second-order valence-corrected chi connectivity index (χ2v) is 4.51. The second kappa shape index (κ2) is 4.71. The zero-order valence-electron chi connectivity index (χ0n) is 7.57. The molecule has 1 unspecified atom stereocenters. The van der Waals surface area contributed by atoms with Gasteiger partial charge in [-0.1, -0.05) is 30.3 Å². The van der Waals surface area contributed by atoms with Gasteiger partial charge in [-0.25, -0.2) is 0 Å². The fourth-order valence-electron chi connectivity index (χ4n) is 1.37. The molecule has 1 aromatic carbocycles. The molecule has 0 radical (unpaired) electrons. The zero-order chi connectivity index (χ0) is 8.93. The van der Waals surface area contributed by atoms with E-state index < -0.39 is 0 Å². The van der Waals surface area contributed by atoms with Crippen LogP contribution in [0.4, 0.5) is 0 Å². The molecule has 0 bridgehead atoms. The predicted molar refractivity (Wildman–Crippen MR) is 56.8 cm³/mol. The maximum atomic E-state index is 5.30. The lowest BCUT2D eigenvalue weighted by molar-refractivity contribution is 0.0763. The van der Waals surface area contributed by atoms with Crippen molar-refractivity contribution in [3.05, 3.63) is 30.3 Å². The van der Waals surface area contributed by atoms with Crippen molar-refractivity contribution in [2.75, 3.05) is 26.3 Å². The number of rotatable bonds is 2. The first-order valence-electron chi connectivity index (χ1n) is 4.59. The number of morpholine rings is 1. The van der Waals surface area contributed by atoms with E-state index in [1.54, 1.807) is 0 Å². The van der Waals surface area contributed by atoms with Gasteiger partial charge in [0, 0.05) is 13.1 Å². The summed E-state index contributed by atoms with van der Waals surface area (Å²) in [7, 11) is 0.807. The molecule has 1 atom stereocenters. The molecule has 0 N–H and O–H groups in total. The van der Waals surface area contributed by atoms with Crippen molar-refractivity contribution >= 4 is 14.0 Å². The molecule has 2 rings (SSSR count). The van der Waals surface area contributed by atoms with E-state index in [4.69, 9.17) is 4.74 Å². The fraction of sp³-hybridized carbons (Fsp3) is 0.400. The molecule has 0 aliphatic carbocycles. The number of ether oxygens (including phenoxy) is 1. The lowest BCUT2D eigenvalue weighted by Crippen LogP contribution is -2.31. The molecule has 70 valence electrons. The monoisotopic (exact) mass is 195 g/mol. The topological polar surface area (TPSA) is 12.5 Å². The van der Waals surface area contributed by atoms with Crippen LogP contribution in [0.5, 0.6) is 0 Å². The van der Waals surface area contributed by atoms with Gasteiger partial charge in [-0.15, -0.1) is 0 Å². The van der Waals surface area contributed by atoms with Gasteiger partial charge in [0.05, 0.1) is 13.2 Å². The molecule has 0 spiro atoms. The van der Waals surface area contributed by atoms with Gasteiger partial charge in [-0.2, -0.15) is 0 Å². The van der Waals surface area contributed by atoms with Gasteiger partial charge in [0.2, 0.25) is 0 Å². The van der Waals surface area contributed by atoms with Crippen molar-refractivity contribution < 1.29 is 4.74 Å². The van der Waals surface area contributed by atoms with E-state index in [1.807, 2.05) is 0 Å². The molecule has 0 saturated carbocycles.